The molecule has 0 aromatic rings. The first kappa shape index (κ1) is 11.3. The second-order valence-corrected chi connectivity index (χ2v) is 4.69. The lowest BCUT2D eigenvalue weighted by atomic mass is 10.1. The maximum absolute atomic E-state index is 5.55. The van der Waals surface area contributed by atoms with Crippen molar-refractivity contribution in [3.05, 3.63) is 10.6 Å². The first-order valence-corrected chi connectivity index (χ1v) is 5.33. The Morgan fingerprint density at radius 3 is 2.38 bits per heavy atom. The van der Waals surface area contributed by atoms with E-state index in [0.29, 0.717) is 16.6 Å². The summed E-state index contributed by atoms with van der Waals surface area (Å²) >= 11 is 11.1. The smallest absolute Gasteiger partial charge is 0.104 e. The molecule has 1 heterocycles. The summed E-state index contributed by atoms with van der Waals surface area (Å²) in [6.07, 6.45) is 1.84. The van der Waals surface area contributed by atoms with E-state index in [0.717, 1.165) is 19.6 Å². The van der Waals surface area contributed by atoms with E-state index in [4.69, 9.17) is 23.2 Å². The first-order chi connectivity index (χ1) is 6.08. The predicted octanol–water partition coefficient (Wildman–Crippen LogP) is 1.99. The Hall–Kier alpha value is 0.240. The quantitative estimate of drug-likeness (QED) is 0.770. The molecule has 1 fully saturated rings. The van der Waals surface area contributed by atoms with Crippen LogP contribution < -0.4 is 5.32 Å². The average molecular weight is 223 g/mol. The Labute approximate surface area is 89.9 Å². The van der Waals surface area contributed by atoms with Crippen molar-refractivity contribution in [2.75, 3.05) is 19.6 Å². The van der Waals surface area contributed by atoms with Crippen molar-refractivity contribution in [2.24, 2.45) is 0 Å². The Morgan fingerprint density at radius 1 is 1.38 bits per heavy atom. The number of rotatable bonds is 2. The molecule has 0 spiro atoms. The number of nitrogens with one attached hydrogen (secondary N) is 1. The van der Waals surface area contributed by atoms with Gasteiger partial charge in [-0.15, -0.1) is 0 Å². The van der Waals surface area contributed by atoms with Gasteiger partial charge in [0.25, 0.3) is 0 Å². The van der Waals surface area contributed by atoms with E-state index in [1.807, 2.05) is 6.08 Å². The van der Waals surface area contributed by atoms with Crippen LogP contribution in [0.4, 0.5) is 0 Å². The molecule has 0 saturated carbocycles. The van der Waals surface area contributed by atoms with Crippen molar-refractivity contribution in [1.82, 2.24) is 10.2 Å². The van der Waals surface area contributed by atoms with Crippen LogP contribution >= 0.6 is 23.2 Å². The molecule has 1 aliphatic heterocycles. The molecule has 0 aliphatic carbocycles. The zero-order valence-corrected chi connectivity index (χ0v) is 9.57. The fraction of sp³-hybridized carbons (Fsp3) is 0.778. The van der Waals surface area contributed by atoms with Crippen molar-refractivity contribution >= 4 is 23.2 Å². The van der Waals surface area contributed by atoms with Gasteiger partial charge in [0.05, 0.1) is 0 Å². The normalized spacial score (nSPS) is 30.2. The minimum atomic E-state index is 0.360. The van der Waals surface area contributed by atoms with E-state index in [1.54, 1.807) is 0 Å². The van der Waals surface area contributed by atoms with E-state index in [2.05, 4.69) is 24.1 Å². The number of nitrogens with zero attached hydrogens (tertiary/aromatic N) is 1. The largest absolute Gasteiger partial charge is 0.309 e. The van der Waals surface area contributed by atoms with E-state index < -0.39 is 0 Å². The second kappa shape index (κ2) is 5.20. The van der Waals surface area contributed by atoms with Gasteiger partial charge >= 0.3 is 0 Å². The molecule has 1 rings (SSSR count). The third kappa shape index (κ3) is 4.32. The molecule has 0 radical (unpaired) electrons. The maximum Gasteiger partial charge on any atom is 0.104 e. The van der Waals surface area contributed by atoms with E-state index in [-0.39, 0.29) is 0 Å². The molecule has 2 unspecified atom stereocenters. The van der Waals surface area contributed by atoms with E-state index in [9.17, 15) is 0 Å². The van der Waals surface area contributed by atoms with Crippen molar-refractivity contribution in [2.45, 2.75) is 25.9 Å². The SMILES string of the molecule is CC1CN(CC=C(Cl)Cl)CC(C)N1. The zero-order chi connectivity index (χ0) is 9.84. The Bertz CT molecular complexity index is 180. The number of piperazine rings is 1. The van der Waals surface area contributed by atoms with Crippen molar-refractivity contribution in [1.29, 1.82) is 0 Å². The summed E-state index contributed by atoms with van der Waals surface area (Å²) in [5, 5.41) is 3.47. The summed E-state index contributed by atoms with van der Waals surface area (Å²) in [4.78, 5) is 2.34. The van der Waals surface area contributed by atoms with Gasteiger partial charge in [-0.1, -0.05) is 23.2 Å². The fourth-order valence-electron chi connectivity index (χ4n) is 1.79. The van der Waals surface area contributed by atoms with Gasteiger partial charge in [-0.2, -0.15) is 0 Å². The maximum atomic E-state index is 5.55. The topological polar surface area (TPSA) is 15.3 Å². The van der Waals surface area contributed by atoms with Gasteiger partial charge in [0.15, 0.2) is 0 Å². The molecule has 2 atom stereocenters. The van der Waals surface area contributed by atoms with Gasteiger partial charge < -0.3 is 5.32 Å². The van der Waals surface area contributed by atoms with Crippen LogP contribution in [0.15, 0.2) is 10.6 Å². The van der Waals surface area contributed by atoms with Gasteiger partial charge in [-0.3, -0.25) is 4.90 Å². The third-order valence-corrected chi connectivity index (χ3v) is 2.45. The summed E-state index contributed by atoms with van der Waals surface area (Å²) in [6.45, 7) is 7.34. The number of hydrogen-bond acceptors (Lipinski definition) is 2. The standard InChI is InChI=1S/C9H16Cl2N2/c1-7-5-13(4-3-9(10)11)6-8(2)12-7/h3,7-8,12H,4-6H2,1-2H3. The van der Waals surface area contributed by atoms with Crippen LogP contribution in [0, 0.1) is 0 Å². The van der Waals surface area contributed by atoms with E-state index in [1.165, 1.54) is 0 Å². The summed E-state index contributed by atoms with van der Waals surface area (Å²) in [5.74, 6) is 0. The summed E-state index contributed by atoms with van der Waals surface area (Å²) in [5.41, 5.74) is 0. The van der Waals surface area contributed by atoms with Crippen LogP contribution in [0.25, 0.3) is 0 Å². The van der Waals surface area contributed by atoms with Crippen molar-refractivity contribution in [3.8, 4) is 0 Å². The number of hydrogen-bond donors (Lipinski definition) is 1. The van der Waals surface area contributed by atoms with Crippen molar-refractivity contribution in [3.63, 3.8) is 0 Å². The Kier molecular flexibility index (Phi) is 4.53. The molecule has 1 saturated heterocycles. The monoisotopic (exact) mass is 222 g/mol. The lowest BCUT2D eigenvalue weighted by molar-refractivity contribution is 0.189. The second-order valence-electron chi connectivity index (χ2n) is 3.68. The first-order valence-electron chi connectivity index (χ1n) is 4.57. The minimum absolute atomic E-state index is 0.360. The van der Waals surface area contributed by atoms with Crippen LogP contribution in [0.5, 0.6) is 0 Å². The van der Waals surface area contributed by atoms with Crippen LogP contribution in [0.2, 0.25) is 0 Å². The zero-order valence-electron chi connectivity index (χ0n) is 8.06. The molecule has 0 aromatic heterocycles. The predicted molar refractivity (Wildman–Crippen MR) is 58.3 cm³/mol. The molecule has 0 amide bonds. The van der Waals surface area contributed by atoms with Gasteiger partial charge in [0.2, 0.25) is 0 Å². The number of halogens is 2. The Morgan fingerprint density at radius 2 is 1.92 bits per heavy atom. The molecule has 0 bridgehead atoms. The van der Waals surface area contributed by atoms with Crippen molar-refractivity contribution < 1.29 is 0 Å². The lowest BCUT2D eigenvalue weighted by Crippen LogP contribution is -2.54. The highest BCUT2D eigenvalue weighted by molar-refractivity contribution is 6.55. The van der Waals surface area contributed by atoms with Gasteiger partial charge in [-0.05, 0) is 19.9 Å². The minimum Gasteiger partial charge on any atom is -0.309 e. The lowest BCUT2D eigenvalue weighted by Gasteiger charge is -2.35. The van der Waals surface area contributed by atoms with Gasteiger partial charge in [0, 0.05) is 31.7 Å². The van der Waals surface area contributed by atoms with Crippen LogP contribution in [-0.2, 0) is 0 Å². The summed E-state index contributed by atoms with van der Waals surface area (Å²) in [6, 6.07) is 1.09. The third-order valence-electron chi connectivity index (χ3n) is 2.14. The van der Waals surface area contributed by atoms with Crippen LogP contribution in [0.3, 0.4) is 0 Å². The van der Waals surface area contributed by atoms with E-state index >= 15 is 0 Å². The molecule has 1 N–H and O–H groups in total. The molecular weight excluding hydrogens is 207 g/mol. The Balaban J connectivity index is 2.37. The molecule has 13 heavy (non-hydrogen) atoms. The summed E-state index contributed by atoms with van der Waals surface area (Å²) < 4.78 is 0.360. The highest BCUT2D eigenvalue weighted by atomic mass is 35.5. The summed E-state index contributed by atoms with van der Waals surface area (Å²) in [7, 11) is 0. The highest BCUT2D eigenvalue weighted by Crippen LogP contribution is 2.08. The van der Waals surface area contributed by atoms with Crippen LogP contribution in [0.1, 0.15) is 13.8 Å². The highest BCUT2D eigenvalue weighted by Gasteiger charge is 2.19. The molecule has 2 nitrogen and oxygen atoms in total. The molecule has 4 heteroatoms. The molecular formula is C9H16Cl2N2. The molecule has 0 aromatic carbocycles. The average Bonchev–Trinajstić information content (AvgIpc) is 1.99. The van der Waals surface area contributed by atoms with Gasteiger partial charge in [-0.25, -0.2) is 0 Å². The molecule has 1 aliphatic rings. The van der Waals surface area contributed by atoms with Crippen LogP contribution in [-0.4, -0.2) is 36.6 Å². The fourth-order valence-corrected chi connectivity index (χ4v) is 1.93. The molecule has 76 valence electrons. The van der Waals surface area contributed by atoms with Gasteiger partial charge in [0.1, 0.15) is 4.49 Å².